The Morgan fingerprint density at radius 3 is 2.55 bits per heavy atom. The second kappa shape index (κ2) is 7.80. The van der Waals surface area contributed by atoms with Crippen molar-refractivity contribution in [2.24, 2.45) is 5.92 Å². The maximum atomic E-state index is 5.55. The molecule has 0 saturated carbocycles. The molecular weight excluding hydrogens is 274 g/mol. The second-order valence-electron chi connectivity index (χ2n) is 6.33. The minimum Gasteiger partial charge on any atom is -0.497 e. The van der Waals surface area contributed by atoms with E-state index < -0.39 is 0 Å². The van der Waals surface area contributed by atoms with Crippen LogP contribution in [0, 0.1) is 5.92 Å². The molecule has 0 radical (unpaired) electrons. The molecule has 2 atom stereocenters. The van der Waals surface area contributed by atoms with Gasteiger partial charge >= 0.3 is 0 Å². The zero-order valence-electron chi connectivity index (χ0n) is 13.5. The summed E-state index contributed by atoms with van der Waals surface area (Å²) in [5.41, 5.74) is 1.37. The van der Waals surface area contributed by atoms with Gasteiger partial charge in [-0.25, -0.2) is 0 Å². The molecule has 3 rings (SSSR count). The van der Waals surface area contributed by atoms with Crippen molar-refractivity contribution >= 4 is 0 Å². The summed E-state index contributed by atoms with van der Waals surface area (Å²) in [4.78, 5) is 0. The van der Waals surface area contributed by atoms with Crippen LogP contribution in [0.15, 0.2) is 36.4 Å². The van der Waals surface area contributed by atoms with E-state index in [9.17, 15) is 0 Å². The van der Waals surface area contributed by atoms with Crippen molar-refractivity contribution in [1.29, 1.82) is 0 Å². The summed E-state index contributed by atoms with van der Waals surface area (Å²) >= 11 is 0. The maximum Gasteiger partial charge on any atom is 0.118 e. The zero-order valence-corrected chi connectivity index (χ0v) is 13.5. The first kappa shape index (κ1) is 15.6. The number of ether oxygens (including phenoxy) is 2. The molecule has 1 aromatic carbocycles. The van der Waals surface area contributed by atoms with E-state index in [-0.39, 0.29) is 0 Å². The monoisotopic (exact) mass is 301 g/mol. The third kappa shape index (κ3) is 3.90. The fraction of sp³-hybridized carbons (Fsp3) is 0.579. The van der Waals surface area contributed by atoms with Crippen LogP contribution in [0.2, 0.25) is 0 Å². The maximum absolute atomic E-state index is 5.55. The topological polar surface area (TPSA) is 30.5 Å². The smallest absolute Gasteiger partial charge is 0.118 e. The van der Waals surface area contributed by atoms with Gasteiger partial charge in [0, 0.05) is 25.3 Å². The lowest BCUT2D eigenvalue weighted by Gasteiger charge is -2.34. The molecule has 1 N–H and O–H groups in total. The van der Waals surface area contributed by atoms with Gasteiger partial charge in [-0.05, 0) is 55.7 Å². The Kier molecular flexibility index (Phi) is 5.52. The van der Waals surface area contributed by atoms with Crippen molar-refractivity contribution in [2.75, 3.05) is 20.3 Å². The molecular formula is C19H27NO2. The summed E-state index contributed by atoms with van der Waals surface area (Å²) in [6.07, 6.45) is 10.7. The van der Waals surface area contributed by atoms with Crippen LogP contribution in [0.3, 0.4) is 0 Å². The van der Waals surface area contributed by atoms with Crippen molar-refractivity contribution in [2.45, 2.75) is 44.2 Å². The molecule has 1 aliphatic heterocycles. The normalized spacial score (nSPS) is 24.1. The van der Waals surface area contributed by atoms with Gasteiger partial charge in [0.15, 0.2) is 0 Å². The van der Waals surface area contributed by atoms with E-state index in [0.717, 1.165) is 31.8 Å². The Morgan fingerprint density at radius 1 is 1.14 bits per heavy atom. The molecule has 2 unspecified atom stereocenters. The standard InChI is InChI=1S/C19H27NO2/c1-21-18-9-7-15(8-10-18)19(16-11-13-22-14-12-16)20-17-5-3-2-4-6-17/h3,5,7-10,16-17,19-20H,2,4,6,11-14H2,1H3. The zero-order chi connectivity index (χ0) is 15.2. The van der Waals surface area contributed by atoms with E-state index >= 15 is 0 Å². The fourth-order valence-corrected chi connectivity index (χ4v) is 3.55. The predicted octanol–water partition coefficient (Wildman–Crippen LogP) is 3.86. The van der Waals surface area contributed by atoms with Crippen LogP contribution in [0.5, 0.6) is 5.75 Å². The van der Waals surface area contributed by atoms with E-state index in [1.54, 1.807) is 7.11 Å². The highest BCUT2D eigenvalue weighted by Gasteiger charge is 2.27. The van der Waals surface area contributed by atoms with E-state index in [0.29, 0.717) is 18.0 Å². The molecule has 2 aliphatic rings. The van der Waals surface area contributed by atoms with Crippen LogP contribution in [-0.4, -0.2) is 26.4 Å². The van der Waals surface area contributed by atoms with E-state index in [2.05, 4.69) is 41.7 Å². The van der Waals surface area contributed by atoms with Crippen LogP contribution >= 0.6 is 0 Å². The van der Waals surface area contributed by atoms with Gasteiger partial charge in [-0.15, -0.1) is 0 Å². The van der Waals surface area contributed by atoms with Crippen LogP contribution < -0.4 is 10.1 Å². The lowest BCUT2D eigenvalue weighted by Crippen LogP contribution is -2.38. The van der Waals surface area contributed by atoms with E-state index in [1.807, 2.05) is 0 Å². The summed E-state index contributed by atoms with van der Waals surface area (Å²) < 4.78 is 10.8. The highest BCUT2D eigenvalue weighted by atomic mass is 16.5. The van der Waals surface area contributed by atoms with Gasteiger partial charge in [-0.2, -0.15) is 0 Å². The van der Waals surface area contributed by atoms with Gasteiger partial charge in [0.05, 0.1) is 7.11 Å². The third-order valence-corrected chi connectivity index (χ3v) is 4.86. The SMILES string of the molecule is COc1ccc(C(NC2C=CCCC2)C2CCOCC2)cc1. The average Bonchev–Trinajstić information content (AvgIpc) is 2.61. The van der Waals surface area contributed by atoms with Crippen LogP contribution in [0.4, 0.5) is 0 Å². The lowest BCUT2D eigenvalue weighted by atomic mass is 9.86. The van der Waals surface area contributed by atoms with Gasteiger partial charge in [0.25, 0.3) is 0 Å². The van der Waals surface area contributed by atoms with Crippen molar-refractivity contribution in [3.05, 3.63) is 42.0 Å². The molecule has 1 saturated heterocycles. The molecule has 22 heavy (non-hydrogen) atoms. The van der Waals surface area contributed by atoms with Crippen molar-refractivity contribution in [1.82, 2.24) is 5.32 Å². The molecule has 3 nitrogen and oxygen atoms in total. The minimum atomic E-state index is 0.405. The third-order valence-electron chi connectivity index (χ3n) is 4.86. The van der Waals surface area contributed by atoms with Gasteiger partial charge in [-0.1, -0.05) is 24.3 Å². The molecule has 1 aliphatic carbocycles. The number of nitrogens with one attached hydrogen (secondary N) is 1. The van der Waals surface area contributed by atoms with Crippen molar-refractivity contribution in [3.8, 4) is 5.75 Å². The number of rotatable bonds is 5. The van der Waals surface area contributed by atoms with Gasteiger partial charge < -0.3 is 14.8 Å². The molecule has 120 valence electrons. The fourth-order valence-electron chi connectivity index (χ4n) is 3.55. The van der Waals surface area contributed by atoms with Crippen molar-refractivity contribution < 1.29 is 9.47 Å². The van der Waals surface area contributed by atoms with E-state index in [1.165, 1.54) is 24.8 Å². The van der Waals surface area contributed by atoms with Gasteiger partial charge in [0.1, 0.15) is 5.75 Å². The van der Waals surface area contributed by atoms with Crippen molar-refractivity contribution in [3.63, 3.8) is 0 Å². The number of benzene rings is 1. The molecule has 1 fully saturated rings. The summed E-state index contributed by atoms with van der Waals surface area (Å²) in [5.74, 6) is 1.57. The molecule has 0 amide bonds. The Bertz CT molecular complexity index is 477. The number of hydrogen-bond donors (Lipinski definition) is 1. The molecule has 3 heteroatoms. The Morgan fingerprint density at radius 2 is 1.91 bits per heavy atom. The molecule has 1 heterocycles. The van der Waals surface area contributed by atoms with Gasteiger partial charge in [0.2, 0.25) is 0 Å². The first-order valence-electron chi connectivity index (χ1n) is 8.51. The second-order valence-corrected chi connectivity index (χ2v) is 6.33. The first-order chi connectivity index (χ1) is 10.9. The quantitative estimate of drug-likeness (QED) is 0.838. The summed E-state index contributed by atoms with van der Waals surface area (Å²) in [6.45, 7) is 1.78. The molecule has 0 spiro atoms. The van der Waals surface area contributed by atoms with Gasteiger partial charge in [-0.3, -0.25) is 0 Å². The highest BCUT2D eigenvalue weighted by Crippen LogP contribution is 2.32. The van der Waals surface area contributed by atoms with Crippen LogP contribution in [0.25, 0.3) is 0 Å². The summed E-state index contributed by atoms with van der Waals surface area (Å²) in [7, 11) is 1.72. The molecule has 1 aromatic rings. The number of hydrogen-bond acceptors (Lipinski definition) is 3. The summed E-state index contributed by atoms with van der Waals surface area (Å²) in [6, 6.07) is 9.46. The number of methoxy groups -OCH3 is 1. The van der Waals surface area contributed by atoms with Crippen LogP contribution in [0.1, 0.15) is 43.7 Å². The summed E-state index contributed by atoms with van der Waals surface area (Å²) in [5, 5.41) is 3.90. The molecule has 0 aromatic heterocycles. The Hall–Kier alpha value is -1.32. The van der Waals surface area contributed by atoms with Crippen LogP contribution in [-0.2, 0) is 4.74 Å². The highest BCUT2D eigenvalue weighted by molar-refractivity contribution is 5.30. The predicted molar refractivity (Wildman–Crippen MR) is 89.2 cm³/mol. The lowest BCUT2D eigenvalue weighted by molar-refractivity contribution is 0.0523. The molecule has 0 bridgehead atoms. The Balaban J connectivity index is 1.77. The number of allylic oxidation sites excluding steroid dienone is 1. The average molecular weight is 301 g/mol. The van der Waals surface area contributed by atoms with E-state index in [4.69, 9.17) is 9.47 Å². The first-order valence-corrected chi connectivity index (χ1v) is 8.51. The Labute approximate surface area is 133 Å². The largest absolute Gasteiger partial charge is 0.497 e. The minimum absolute atomic E-state index is 0.405.